The summed E-state index contributed by atoms with van der Waals surface area (Å²) in [6, 6.07) is 12.7. The van der Waals surface area contributed by atoms with Crippen LogP contribution in [0.1, 0.15) is 11.7 Å². The van der Waals surface area contributed by atoms with Gasteiger partial charge in [-0.15, -0.1) is 0 Å². The summed E-state index contributed by atoms with van der Waals surface area (Å²) in [6.07, 6.45) is 0.0679. The Bertz CT molecular complexity index is 1220. The molecule has 35 heavy (non-hydrogen) atoms. The topological polar surface area (TPSA) is 118 Å². The number of piperazine rings is 1. The number of anilines is 3. The number of carbonyl (C=O) groups is 2. The van der Waals surface area contributed by atoms with E-state index in [1.165, 1.54) is 42.6 Å². The Hall–Kier alpha value is -3.89. The fourth-order valence-electron chi connectivity index (χ4n) is 3.69. The van der Waals surface area contributed by atoms with E-state index in [-0.39, 0.29) is 22.0 Å². The number of halogens is 2. The smallest absolute Gasteiger partial charge is 0.323 e. The molecule has 3 aromatic rings. The molecule has 4 N–H and O–H groups in total. The van der Waals surface area contributed by atoms with Crippen molar-refractivity contribution in [3.05, 3.63) is 77.2 Å². The number of phenols is 1. The molecule has 0 saturated carbocycles. The van der Waals surface area contributed by atoms with E-state index >= 15 is 0 Å². The third-order valence-corrected chi connectivity index (χ3v) is 5.88. The Morgan fingerprint density at radius 1 is 1.03 bits per heavy atom. The van der Waals surface area contributed by atoms with Gasteiger partial charge in [0.05, 0.1) is 22.6 Å². The molecule has 1 aromatic heterocycles. The number of phenolic OH excluding ortho intramolecular Hbond substituents is 1. The van der Waals surface area contributed by atoms with Crippen molar-refractivity contribution in [1.82, 2.24) is 9.88 Å². The molecule has 0 bridgehead atoms. The van der Waals surface area contributed by atoms with Crippen molar-refractivity contribution < 1.29 is 24.2 Å². The average Bonchev–Trinajstić information content (AvgIpc) is 2.85. The number of aliphatic hydroxyl groups excluding tert-OH is 1. The third kappa shape index (κ3) is 5.79. The van der Waals surface area contributed by atoms with Gasteiger partial charge in [0.1, 0.15) is 17.4 Å². The van der Waals surface area contributed by atoms with Gasteiger partial charge in [0.15, 0.2) is 6.10 Å². The van der Waals surface area contributed by atoms with Crippen molar-refractivity contribution in [2.75, 3.05) is 41.7 Å². The molecule has 1 aliphatic rings. The van der Waals surface area contributed by atoms with Crippen LogP contribution in [0.15, 0.2) is 60.8 Å². The Labute approximate surface area is 205 Å². The SMILES string of the molecule is O=C(Nc1ccc(N2CCN(C(=O)C(O)c3ccc(O)cc3Cl)CC2)nc1)Nc1ccccc1F. The fraction of sp³-hybridized carbons (Fsp3) is 0.208. The van der Waals surface area contributed by atoms with E-state index in [0.29, 0.717) is 37.7 Å². The second-order valence-corrected chi connectivity index (χ2v) is 8.29. The number of nitrogens with one attached hydrogen (secondary N) is 2. The molecule has 1 saturated heterocycles. The number of benzene rings is 2. The number of nitrogens with zero attached hydrogens (tertiary/aromatic N) is 3. The van der Waals surface area contributed by atoms with E-state index in [9.17, 15) is 24.2 Å². The van der Waals surface area contributed by atoms with Gasteiger partial charge >= 0.3 is 6.03 Å². The van der Waals surface area contributed by atoms with E-state index in [1.807, 2.05) is 4.90 Å². The van der Waals surface area contributed by atoms with Crippen LogP contribution in [0.25, 0.3) is 0 Å². The zero-order valence-corrected chi connectivity index (χ0v) is 19.2. The first kappa shape index (κ1) is 24.2. The predicted molar refractivity (Wildman–Crippen MR) is 130 cm³/mol. The number of aliphatic hydroxyl groups is 1. The standard InChI is InChI=1S/C24H23ClFN5O4/c25-18-13-16(32)6-7-17(18)22(33)23(34)31-11-9-30(10-12-31)21-8-5-15(14-27-21)28-24(35)29-20-4-2-1-3-19(20)26/h1-8,13-14,22,32-33H,9-12H2,(H2,28,29,35). The van der Waals surface area contributed by atoms with Gasteiger partial charge in [-0.2, -0.15) is 0 Å². The van der Waals surface area contributed by atoms with Gasteiger partial charge in [0, 0.05) is 31.7 Å². The summed E-state index contributed by atoms with van der Waals surface area (Å²) in [5.74, 6) is -0.385. The number of carbonyl (C=O) groups excluding carboxylic acids is 2. The molecule has 1 fully saturated rings. The first-order chi connectivity index (χ1) is 16.8. The van der Waals surface area contributed by atoms with E-state index < -0.39 is 23.9 Å². The van der Waals surface area contributed by atoms with Crippen LogP contribution in [0.5, 0.6) is 5.75 Å². The number of hydrogen-bond donors (Lipinski definition) is 4. The lowest BCUT2D eigenvalue weighted by Crippen LogP contribution is -2.50. The average molecular weight is 500 g/mol. The Morgan fingerprint density at radius 2 is 1.77 bits per heavy atom. The molecule has 0 aliphatic carbocycles. The molecule has 1 atom stereocenters. The summed E-state index contributed by atoms with van der Waals surface area (Å²) in [5, 5.41) is 25.1. The van der Waals surface area contributed by atoms with Gasteiger partial charge in [0.25, 0.3) is 5.91 Å². The Morgan fingerprint density at radius 3 is 2.43 bits per heavy atom. The number of aromatic nitrogens is 1. The summed E-state index contributed by atoms with van der Waals surface area (Å²) in [4.78, 5) is 32.7. The maximum atomic E-state index is 13.7. The highest BCUT2D eigenvalue weighted by atomic mass is 35.5. The Balaban J connectivity index is 1.30. The molecule has 182 valence electrons. The van der Waals surface area contributed by atoms with Crippen LogP contribution in [0.3, 0.4) is 0 Å². The summed E-state index contributed by atoms with van der Waals surface area (Å²) in [6.45, 7) is 1.74. The van der Waals surface area contributed by atoms with Gasteiger partial charge in [-0.05, 0) is 36.4 Å². The molecule has 0 radical (unpaired) electrons. The summed E-state index contributed by atoms with van der Waals surface area (Å²) in [7, 11) is 0. The molecular formula is C24H23ClFN5O4. The van der Waals surface area contributed by atoms with Crippen molar-refractivity contribution in [3.63, 3.8) is 0 Å². The molecule has 11 heteroatoms. The fourth-order valence-corrected chi connectivity index (χ4v) is 3.97. The van der Waals surface area contributed by atoms with Crippen LogP contribution in [0.2, 0.25) is 5.02 Å². The summed E-state index contributed by atoms with van der Waals surface area (Å²) >= 11 is 6.05. The first-order valence-electron chi connectivity index (χ1n) is 10.8. The molecule has 0 spiro atoms. The minimum absolute atomic E-state index is 0.0496. The van der Waals surface area contributed by atoms with Gasteiger partial charge in [-0.25, -0.2) is 14.2 Å². The predicted octanol–water partition coefficient (Wildman–Crippen LogP) is 3.61. The highest BCUT2D eigenvalue weighted by molar-refractivity contribution is 6.31. The van der Waals surface area contributed by atoms with Crippen molar-refractivity contribution in [2.24, 2.45) is 0 Å². The second-order valence-electron chi connectivity index (χ2n) is 7.88. The summed E-state index contributed by atoms with van der Waals surface area (Å²) in [5.41, 5.74) is 0.741. The van der Waals surface area contributed by atoms with Crippen LogP contribution in [0.4, 0.5) is 26.4 Å². The van der Waals surface area contributed by atoms with Crippen LogP contribution in [-0.2, 0) is 4.79 Å². The largest absolute Gasteiger partial charge is 0.508 e. The van der Waals surface area contributed by atoms with E-state index in [1.54, 1.807) is 23.1 Å². The molecule has 4 rings (SSSR count). The molecule has 2 aromatic carbocycles. The van der Waals surface area contributed by atoms with Gasteiger partial charge in [-0.1, -0.05) is 29.8 Å². The summed E-state index contributed by atoms with van der Waals surface area (Å²) < 4.78 is 13.7. The maximum absolute atomic E-state index is 13.7. The maximum Gasteiger partial charge on any atom is 0.323 e. The van der Waals surface area contributed by atoms with E-state index in [0.717, 1.165) is 0 Å². The molecule has 1 aliphatic heterocycles. The zero-order valence-electron chi connectivity index (χ0n) is 18.5. The normalized spacial score (nSPS) is 14.4. The van der Waals surface area contributed by atoms with Gasteiger partial charge < -0.3 is 30.6 Å². The quantitative estimate of drug-likeness (QED) is 0.426. The second kappa shape index (κ2) is 10.6. The van der Waals surface area contributed by atoms with Gasteiger partial charge in [0.2, 0.25) is 0 Å². The van der Waals surface area contributed by atoms with Crippen molar-refractivity contribution >= 4 is 40.7 Å². The zero-order chi connectivity index (χ0) is 24.9. The number of para-hydroxylation sites is 1. The number of pyridine rings is 1. The molecule has 2 heterocycles. The number of urea groups is 1. The third-order valence-electron chi connectivity index (χ3n) is 5.56. The van der Waals surface area contributed by atoms with Crippen molar-refractivity contribution in [2.45, 2.75) is 6.10 Å². The molecule has 1 unspecified atom stereocenters. The van der Waals surface area contributed by atoms with Crippen LogP contribution >= 0.6 is 11.6 Å². The minimum Gasteiger partial charge on any atom is -0.508 e. The Kier molecular flexibility index (Phi) is 7.33. The molecule has 3 amide bonds. The van der Waals surface area contributed by atoms with Crippen LogP contribution in [0, 0.1) is 5.82 Å². The monoisotopic (exact) mass is 499 g/mol. The van der Waals surface area contributed by atoms with Crippen LogP contribution < -0.4 is 15.5 Å². The van der Waals surface area contributed by atoms with E-state index in [2.05, 4.69) is 15.6 Å². The van der Waals surface area contributed by atoms with Crippen molar-refractivity contribution in [1.29, 1.82) is 0 Å². The number of amides is 3. The van der Waals surface area contributed by atoms with Crippen LogP contribution in [-0.4, -0.2) is 58.2 Å². The molecule has 9 nitrogen and oxygen atoms in total. The number of hydrogen-bond acceptors (Lipinski definition) is 6. The molecular weight excluding hydrogens is 477 g/mol. The van der Waals surface area contributed by atoms with Crippen molar-refractivity contribution in [3.8, 4) is 5.75 Å². The highest BCUT2D eigenvalue weighted by Crippen LogP contribution is 2.28. The highest BCUT2D eigenvalue weighted by Gasteiger charge is 2.28. The lowest BCUT2D eigenvalue weighted by molar-refractivity contribution is -0.140. The lowest BCUT2D eigenvalue weighted by atomic mass is 10.1. The van der Waals surface area contributed by atoms with Gasteiger partial charge in [-0.3, -0.25) is 4.79 Å². The number of aromatic hydroxyl groups is 1. The first-order valence-corrected chi connectivity index (χ1v) is 11.2. The number of rotatable bonds is 5. The lowest BCUT2D eigenvalue weighted by Gasteiger charge is -2.36. The minimum atomic E-state index is -1.42. The van der Waals surface area contributed by atoms with E-state index in [4.69, 9.17) is 11.6 Å².